The monoisotopic (exact) mass is 418 g/mol. The van der Waals surface area contributed by atoms with Crippen molar-refractivity contribution >= 4 is 34.4 Å². The number of nitrogens with two attached hydrogens (primary N) is 1. The van der Waals surface area contributed by atoms with E-state index in [4.69, 9.17) is 32.4 Å². The first-order chi connectivity index (χ1) is 14.7. The second-order valence-electron chi connectivity index (χ2n) is 7.65. The van der Waals surface area contributed by atoms with Crippen molar-refractivity contribution < 1.29 is 0 Å². The van der Waals surface area contributed by atoms with E-state index in [-0.39, 0.29) is 0 Å². The van der Waals surface area contributed by atoms with Gasteiger partial charge in [-0.15, -0.1) is 5.10 Å². The molecule has 30 heavy (non-hydrogen) atoms. The first-order valence-electron chi connectivity index (χ1n) is 10.3. The Morgan fingerprint density at radius 2 is 1.63 bits per heavy atom. The van der Waals surface area contributed by atoms with Crippen molar-refractivity contribution in [1.82, 2.24) is 19.7 Å². The minimum Gasteiger partial charge on any atom is -0.383 e. The van der Waals surface area contributed by atoms with Crippen LogP contribution in [0.2, 0.25) is 5.02 Å². The van der Waals surface area contributed by atoms with Gasteiger partial charge in [0.25, 0.3) is 0 Å². The van der Waals surface area contributed by atoms with E-state index in [2.05, 4.69) is 17.0 Å². The van der Waals surface area contributed by atoms with E-state index in [9.17, 15) is 0 Å². The van der Waals surface area contributed by atoms with E-state index < -0.39 is 0 Å². The molecule has 0 radical (unpaired) electrons. The van der Waals surface area contributed by atoms with Crippen LogP contribution in [0.15, 0.2) is 54.6 Å². The zero-order valence-corrected chi connectivity index (χ0v) is 17.4. The summed E-state index contributed by atoms with van der Waals surface area (Å²) in [6, 6.07) is 17.8. The number of nitrogen functional groups attached to an aromatic ring is 1. The molecule has 6 nitrogen and oxygen atoms in total. The van der Waals surface area contributed by atoms with Gasteiger partial charge in [0, 0.05) is 23.7 Å². The van der Waals surface area contributed by atoms with Crippen LogP contribution < -0.4 is 10.6 Å². The summed E-state index contributed by atoms with van der Waals surface area (Å²) in [6.07, 6.45) is 3.56. The molecule has 1 aliphatic rings. The van der Waals surface area contributed by atoms with Crippen LogP contribution >= 0.6 is 11.6 Å². The SMILES string of the molecule is Nc1c2c(-c3ccc(Cl)cc3)nc(N3CCCCC3)nc2nn1Cc1ccccc1. The minimum absolute atomic E-state index is 0.573. The first kappa shape index (κ1) is 18.9. The number of nitrogens with zero attached hydrogens (tertiary/aromatic N) is 5. The molecular formula is C23H23ClN6. The fourth-order valence-electron chi connectivity index (χ4n) is 3.97. The molecule has 7 heteroatoms. The molecule has 5 rings (SSSR count). The van der Waals surface area contributed by atoms with E-state index >= 15 is 0 Å². The van der Waals surface area contributed by atoms with E-state index in [1.807, 2.05) is 47.1 Å². The van der Waals surface area contributed by atoms with Crippen molar-refractivity contribution in [2.45, 2.75) is 25.8 Å². The molecular weight excluding hydrogens is 396 g/mol. The third-order valence-electron chi connectivity index (χ3n) is 5.56. The fraction of sp³-hybridized carbons (Fsp3) is 0.261. The molecule has 4 aromatic rings. The number of halogens is 1. The summed E-state index contributed by atoms with van der Waals surface area (Å²) in [6.45, 7) is 2.51. The Morgan fingerprint density at radius 1 is 0.900 bits per heavy atom. The highest BCUT2D eigenvalue weighted by Gasteiger charge is 2.21. The molecule has 2 N–H and O–H groups in total. The van der Waals surface area contributed by atoms with E-state index in [0.29, 0.717) is 23.0 Å². The van der Waals surface area contributed by atoms with Gasteiger partial charge in [0.05, 0.1) is 17.6 Å². The van der Waals surface area contributed by atoms with Gasteiger partial charge in [-0.25, -0.2) is 9.67 Å². The second-order valence-corrected chi connectivity index (χ2v) is 8.09. The van der Waals surface area contributed by atoms with Crippen LogP contribution in [0.4, 0.5) is 11.8 Å². The maximum atomic E-state index is 6.56. The smallest absolute Gasteiger partial charge is 0.228 e. The lowest BCUT2D eigenvalue weighted by Crippen LogP contribution is -2.31. The minimum atomic E-state index is 0.573. The standard InChI is InChI=1S/C23H23ClN6/c24-18-11-9-17(10-12-18)20-19-21(25)30(15-16-7-3-1-4-8-16)28-22(19)27-23(26-20)29-13-5-2-6-14-29/h1,3-4,7-12H,2,5-6,13-15,25H2. The van der Waals surface area contributed by atoms with E-state index in [1.54, 1.807) is 0 Å². The number of benzene rings is 2. The lowest BCUT2D eigenvalue weighted by molar-refractivity contribution is 0.569. The Kier molecular flexibility index (Phi) is 5.01. The van der Waals surface area contributed by atoms with Crippen molar-refractivity contribution in [3.63, 3.8) is 0 Å². The quantitative estimate of drug-likeness (QED) is 0.517. The predicted molar refractivity (Wildman–Crippen MR) is 122 cm³/mol. The molecule has 0 saturated carbocycles. The lowest BCUT2D eigenvalue weighted by atomic mass is 10.1. The third-order valence-corrected chi connectivity index (χ3v) is 5.81. The molecule has 1 aliphatic heterocycles. The van der Waals surface area contributed by atoms with Gasteiger partial charge in [0.15, 0.2) is 5.65 Å². The normalized spacial score (nSPS) is 14.4. The molecule has 1 fully saturated rings. The Bertz CT molecular complexity index is 1160. The van der Waals surface area contributed by atoms with Crippen LogP contribution in [-0.4, -0.2) is 32.8 Å². The molecule has 2 aromatic heterocycles. The van der Waals surface area contributed by atoms with Crippen molar-refractivity contribution in [3.05, 3.63) is 65.2 Å². The van der Waals surface area contributed by atoms with E-state index in [1.165, 1.54) is 6.42 Å². The zero-order chi connectivity index (χ0) is 20.5. The Morgan fingerprint density at radius 3 is 2.37 bits per heavy atom. The van der Waals surface area contributed by atoms with Crippen LogP contribution in [0, 0.1) is 0 Å². The largest absolute Gasteiger partial charge is 0.383 e. The maximum Gasteiger partial charge on any atom is 0.228 e. The predicted octanol–water partition coefficient (Wildman–Crippen LogP) is 4.77. The third kappa shape index (κ3) is 3.59. The fourth-order valence-corrected chi connectivity index (χ4v) is 4.10. The molecule has 1 saturated heterocycles. The van der Waals surface area contributed by atoms with Gasteiger partial charge in [-0.05, 0) is 37.0 Å². The number of piperidine rings is 1. The summed E-state index contributed by atoms with van der Waals surface area (Å²) in [4.78, 5) is 12.0. The van der Waals surface area contributed by atoms with Gasteiger partial charge in [0.1, 0.15) is 5.82 Å². The highest BCUT2D eigenvalue weighted by molar-refractivity contribution is 6.30. The van der Waals surface area contributed by atoms with Gasteiger partial charge >= 0.3 is 0 Å². The summed E-state index contributed by atoms with van der Waals surface area (Å²) in [5.41, 5.74) is 10.1. The summed E-state index contributed by atoms with van der Waals surface area (Å²) >= 11 is 6.11. The number of hydrogen-bond acceptors (Lipinski definition) is 5. The first-order valence-corrected chi connectivity index (χ1v) is 10.7. The van der Waals surface area contributed by atoms with Crippen LogP contribution in [0.1, 0.15) is 24.8 Å². The van der Waals surface area contributed by atoms with Crippen molar-refractivity contribution in [3.8, 4) is 11.3 Å². The molecule has 0 aliphatic carbocycles. The molecule has 0 amide bonds. The van der Waals surface area contributed by atoms with Gasteiger partial charge in [-0.2, -0.15) is 4.98 Å². The highest BCUT2D eigenvalue weighted by Crippen LogP contribution is 2.33. The Hall–Kier alpha value is -3.12. The average Bonchev–Trinajstić information content (AvgIpc) is 3.10. The van der Waals surface area contributed by atoms with Crippen LogP contribution in [0.3, 0.4) is 0 Å². The molecule has 0 bridgehead atoms. The summed E-state index contributed by atoms with van der Waals surface area (Å²) in [7, 11) is 0. The Labute approximate surface area is 180 Å². The van der Waals surface area contributed by atoms with Crippen molar-refractivity contribution in [2.24, 2.45) is 0 Å². The van der Waals surface area contributed by atoms with Gasteiger partial charge in [-0.1, -0.05) is 54.1 Å². The maximum absolute atomic E-state index is 6.56. The number of anilines is 2. The van der Waals surface area contributed by atoms with Gasteiger partial charge in [-0.3, -0.25) is 0 Å². The molecule has 0 atom stereocenters. The van der Waals surface area contributed by atoms with Gasteiger partial charge < -0.3 is 10.6 Å². The van der Waals surface area contributed by atoms with Gasteiger partial charge in [0.2, 0.25) is 5.95 Å². The zero-order valence-electron chi connectivity index (χ0n) is 16.6. The van der Waals surface area contributed by atoms with E-state index in [0.717, 1.165) is 54.1 Å². The Balaban J connectivity index is 1.66. The van der Waals surface area contributed by atoms with Crippen LogP contribution in [0.25, 0.3) is 22.3 Å². The second kappa shape index (κ2) is 7.95. The molecule has 2 aromatic carbocycles. The molecule has 3 heterocycles. The number of aromatic nitrogens is 4. The summed E-state index contributed by atoms with van der Waals surface area (Å²) in [5, 5.41) is 6.23. The average molecular weight is 419 g/mol. The number of hydrogen-bond donors (Lipinski definition) is 1. The van der Waals surface area contributed by atoms with Crippen LogP contribution in [-0.2, 0) is 6.54 Å². The molecule has 0 unspecified atom stereocenters. The molecule has 0 spiro atoms. The summed E-state index contributed by atoms with van der Waals surface area (Å²) in [5.74, 6) is 1.29. The number of rotatable bonds is 4. The topological polar surface area (TPSA) is 72.9 Å². The van der Waals surface area contributed by atoms with Crippen LogP contribution in [0.5, 0.6) is 0 Å². The highest BCUT2D eigenvalue weighted by atomic mass is 35.5. The van der Waals surface area contributed by atoms with Crippen molar-refractivity contribution in [1.29, 1.82) is 0 Å². The molecule has 152 valence electrons. The summed E-state index contributed by atoms with van der Waals surface area (Å²) < 4.78 is 1.81. The van der Waals surface area contributed by atoms with Crippen molar-refractivity contribution in [2.75, 3.05) is 23.7 Å². The number of fused-ring (bicyclic) bond motifs is 1. The lowest BCUT2D eigenvalue weighted by Gasteiger charge is -2.26.